The summed E-state index contributed by atoms with van der Waals surface area (Å²) in [7, 11) is 0. The molecular weight excluding hydrogens is 237 g/mol. The first-order valence-corrected chi connectivity index (χ1v) is 6.54. The molecule has 1 aromatic carbocycles. The average molecular weight is 251 g/mol. The minimum atomic E-state index is -0.234. The minimum absolute atomic E-state index is 0.234. The lowest BCUT2D eigenvalue weighted by molar-refractivity contribution is 0.625. The molecule has 0 atom stereocenters. The highest BCUT2D eigenvalue weighted by atomic mass is 32.2. The summed E-state index contributed by atoms with van der Waals surface area (Å²) >= 11 is 1.56. The lowest BCUT2D eigenvalue weighted by Gasteiger charge is -2.15. The summed E-state index contributed by atoms with van der Waals surface area (Å²) in [4.78, 5) is 4.32. The van der Waals surface area contributed by atoms with E-state index in [1.807, 2.05) is 6.07 Å². The number of amidine groups is 1. The smallest absolute Gasteiger partial charge is 0.177 e. The van der Waals surface area contributed by atoms with Gasteiger partial charge in [0.15, 0.2) is 5.17 Å². The summed E-state index contributed by atoms with van der Waals surface area (Å²) in [6.45, 7) is 2.87. The van der Waals surface area contributed by atoms with Gasteiger partial charge in [0.25, 0.3) is 0 Å². The average Bonchev–Trinajstić information content (AvgIpc) is 2.38. The van der Waals surface area contributed by atoms with Crippen molar-refractivity contribution < 1.29 is 4.39 Å². The van der Waals surface area contributed by atoms with Gasteiger partial charge in [0.1, 0.15) is 5.82 Å². The molecule has 0 aliphatic carbocycles. The van der Waals surface area contributed by atoms with E-state index in [1.54, 1.807) is 23.9 Å². The minimum Gasteiger partial charge on any atom is -0.261 e. The number of aliphatic imine (C=N–C) groups is 1. The Balaban J connectivity index is 2.11. The molecule has 0 spiro atoms. The number of hydrazone groups is 1. The molecule has 0 saturated carbocycles. The van der Waals surface area contributed by atoms with E-state index in [2.05, 4.69) is 22.4 Å². The third-order valence-electron chi connectivity index (χ3n) is 2.30. The van der Waals surface area contributed by atoms with E-state index in [-0.39, 0.29) is 5.82 Å². The number of thioether (sulfide) groups is 1. The van der Waals surface area contributed by atoms with E-state index >= 15 is 0 Å². The Morgan fingerprint density at radius 2 is 2.29 bits per heavy atom. The molecular formula is C12H14FN3S. The van der Waals surface area contributed by atoms with E-state index in [9.17, 15) is 4.39 Å². The number of nitrogens with one attached hydrogen (secondary N) is 1. The molecule has 1 heterocycles. The predicted octanol–water partition coefficient (Wildman–Crippen LogP) is 2.63. The lowest BCUT2D eigenvalue weighted by Crippen LogP contribution is -2.26. The van der Waals surface area contributed by atoms with Crippen LogP contribution in [0.2, 0.25) is 0 Å². The fourth-order valence-electron chi connectivity index (χ4n) is 1.44. The molecule has 90 valence electrons. The third-order valence-corrected chi connectivity index (χ3v) is 3.21. The van der Waals surface area contributed by atoms with Gasteiger partial charge in [0.05, 0.1) is 5.71 Å². The maximum absolute atomic E-state index is 13.5. The Hall–Kier alpha value is -1.36. The predicted molar refractivity (Wildman–Crippen MR) is 71.1 cm³/mol. The maximum Gasteiger partial charge on any atom is 0.177 e. The highest BCUT2D eigenvalue weighted by Crippen LogP contribution is 2.15. The van der Waals surface area contributed by atoms with Crippen LogP contribution in [0, 0.1) is 5.82 Å². The van der Waals surface area contributed by atoms with E-state index in [0.29, 0.717) is 11.3 Å². The molecule has 0 radical (unpaired) electrons. The standard InChI is InChI=1S/C12H14FN3S/c1-2-7-14-12-16-15-11(8-17-12)9-5-3-4-6-10(9)13/h3-6H,2,7-8H2,1H3,(H,14,16). The van der Waals surface area contributed by atoms with Crippen LogP contribution in [0.15, 0.2) is 34.4 Å². The molecule has 0 unspecified atom stereocenters. The van der Waals surface area contributed by atoms with Gasteiger partial charge in [-0.2, -0.15) is 5.10 Å². The van der Waals surface area contributed by atoms with Gasteiger partial charge in [0.2, 0.25) is 0 Å². The van der Waals surface area contributed by atoms with Crippen molar-refractivity contribution in [2.45, 2.75) is 13.3 Å². The number of benzene rings is 1. The van der Waals surface area contributed by atoms with Crippen molar-refractivity contribution in [3.05, 3.63) is 35.6 Å². The van der Waals surface area contributed by atoms with Crippen molar-refractivity contribution in [2.75, 3.05) is 12.3 Å². The van der Waals surface area contributed by atoms with E-state index in [0.717, 1.165) is 23.8 Å². The van der Waals surface area contributed by atoms with Crippen molar-refractivity contribution in [3.63, 3.8) is 0 Å². The Kier molecular flexibility index (Phi) is 4.14. The largest absolute Gasteiger partial charge is 0.261 e. The van der Waals surface area contributed by atoms with Crippen molar-refractivity contribution in [3.8, 4) is 0 Å². The van der Waals surface area contributed by atoms with Crippen molar-refractivity contribution in [2.24, 2.45) is 10.1 Å². The lowest BCUT2D eigenvalue weighted by atomic mass is 10.1. The fraction of sp³-hybridized carbons (Fsp3) is 0.333. The number of hydrogen-bond donors (Lipinski definition) is 1. The monoisotopic (exact) mass is 251 g/mol. The van der Waals surface area contributed by atoms with Gasteiger partial charge in [-0.15, -0.1) is 0 Å². The summed E-state index contributed by atoms with van der Waals surface area (Å²) in [6.07, 6.45) is 1.01. The zero-order chi connectivity index (χ0) is 12.1. The molecule has 0 amide bonds. The molecule has 0 aromatic heterocycles. The first-order chi connectivity index (χ1) is 8.31. The van der Waals surface area contributed by atoms with Gasteiger partial charge < -0.3 is 0 Å². The Bertz CT molecular complexity index is 457. The quantitative estimate of drug-likeness (QED) is 0.896. The Morgan fingerprint density at radius 1 is 1.47 bits per heavy atom. The van der Waals surface area contributed by atoms with Crippen LogP contribution in [0.5, 0.6) is 0 Å². The summed E-state index contributed by atoms with van der Waals surface area (Å²) in [5.41, 5.74) is 4.15. The van der Waals surface area contributed by atoms with Crippen LogP contribution in [0.3, 0.4) is 0 Å². The molecule has 0 bridgehead atoms. The second-order valence-corrected chi connectivity index (χ2v) is 4.59. The van der Waals surface area contributed by atoms with Gasteiger partial charge in [-0.3, -0.25) is 10.4 Å². The Labute approximate surface area is 104 Å². The second kappa shape index (κ2) is 5.82. The summed E-state index contributed by atoms with van der Waals surface area (Å²) in [6, 6.07) is 6.68. The molecule has 1 N–H and O–H groups in total. The first kappa shape index (κ1) is 12.1. The summed E-state index contributed by atoms with van der Waals surface area (Å²) < 4.78 is 13.5. The van der Waals surface area contributed by atoms with Crippen LogP contribution >= 0.6 is 11.8 Å². The molecule has 0 fully saturated rings. The van der Waals surface area contributed by atoms with Gasteiger partial charge in [0, 0.05) is 17.9 Å². The highest BCUT2D eigenvalue weighted by molar-refractivity contribution is 8.14. The highest BCUT2D eigenvalue weighted by Gasteiger charge is 2.15. The number of hydrogen-bond acceptors (Lipinski definition) is 3. The molecule has 5 heteroatoms. The summed E-state index contributed by atoms with van der Waals surface area (Å²) in [5, 5.41) is 4.98. The molecule has 1 aromatic rings. The van der Waals surface area contributed by atoms with Gasteiger partial charge >= 0.3 is 0 Å². The van der Waals surface area contributed by atoms with E-state index in [4.69, 9.17) is 0 Å². The van der Waals surface area contributed by atoms with Crippen LogP contribution in [0.4, 0.5) is 4.39 Å². The number of halogens is 1. The van der Waals surface area contributed by atoms with Crippen molar-refractivity contribution in [1.82, 2.24) is 5.43 Å². The van der Waals surface area contributed by atoms with E-state index < -0.39 is 0 Å². The van der Waals surface area contributed by atoms with Crippen LogP contribution in [-0.2, 0) is 0 Å². The van der Waals surface area contributed by atoms with Crippen LogP contribution < -0.4 is 5.43 Å². The number of nitrogens with zero attached hydrogens (tertiary/aromatic N) is 2. The molecule has 17 heavy (non-hydrogen) atoms. The first-order valence-electron chi connectivity index (χ1n) is 5.56. The SMILES string of the molecule is CCCN=C1NN=C(c2ccccc2F)CS1. The van der Waals surface area contributed by atoms with Crippen molar-refractivity contribution >= 4 is 22.6 Å². The molecule has 1 aliphatic rings. The molecule has 0 saturated heterocycles. The third kappa shape index (κ3) is 3.06. The summed E-state index contributed by atoms with van der Waals surface area (Å²) in [5.74, 6) is 0.416. The normalized spacial score (nSPS) is 17.8. The Morgan fingerprint density at radius 3 is 2.94 bits per heavy atom. The zero-order valence-corrected chi connectivity index (χ0v) is 10.4. The topological polar surface area (TPSA) is 36.8 Å². The van der Waals surface area contributed by atoms with Gasteiger partial charge in [-0.05, 0) is 12.5 Å². The van der Waals surface area contributed by atoms with Crippen LogP contribution in [0.25, 0.3) is 0 Å². The molecule has 1 aliphatic heterocycles. The maximum atomic E-state index is 13.5. The zero-order valence-electron chi connectivity index (χ0n) is 9.61. The molecule has 3 nitrogen and oxygen atoms in total. The van der Waals surface area contributed by atoms with Gasteiger partial charge in [-0.1, -0.05) is 36.9 Å². The van der Waals surface area contributed by atoms with Crippen LogP contribution in [0.1, 0.15) is 18.9 Å². The second-order valence-electron chi connectivity index (χ2n) is 3.63. The number of rotatable bonds is 3. The van der Waals surface area contributed by atoms with Crippen molar-refractivity contribution in [1.29, 1.82) is 0 Å². The fourth-order valence-corrected chi connectivity index (χ4v) is 2.23. The van der Waals surface area contributed by atoms with Crippen LogP contribution in [-0.4, -0.2) is 23.2 Å². The van der Waals surface area contributed by atoms with Gasteiger partial charge in [-0.25, -0.2) is 4.39 Å². The molecule has 2 rings (SSSR count). The van der Waals surface area contributed by atoms with E-state index in [1.165, 1.54) is 6.07 Å².